The van der Waals surface area contributed by atoms with Crippen molar-refractivity contribution in [2.24, 2.45) is 0 Å². The van der Waals surface area contributed by atoms with Crippen molar-refractivity contribution < 1.29 is 12.8 Å². The van der Waals surface area contributed by atoms with Gasteiger partial charge in [0.25, 0.3) is 0 Å². The van der Waals surface area contributed by atoms with Gasteiger partial charge in [-0.15, -0.1) is 0 Å². The van der Waals surface area contributed by atoms with Gasteiger partial charge in [-0.3, -0.25) is 0 Å². The van der Waals surface area contributed by atoms with Gasteiger partial charge in [-0.2, -0.15) is 0 Å². The SMILES string of the molecule is CCC(CC)NS(=O)(=O)c1c(C)oc(C)c1CNC(C)C. The molecule has 122 valence electrons. The Morgan fingerprint density at radius 1 is 1.10 bits per heavy atom. The molecule has 0 fully saturated rings. The molecule has 0 atom stereocenters. The summed E-state index contributed by atoms with van der Waals surface area (Å²) in [6, 6.07) is 0.234. The van der Waals surface area contributed by atoms with Gasteiger partial charge in [-0.1, -0.05) is 27.7 Å². The lowest BCUT2D eigenvalue weighted by atomic mass is 10.2. The molecule has 1 heterocycles. The lowest BCUT2D eigenvalue weighted by Crippen LogP contribution is -2.35. The zero-order valence-corrected chi connectivity index (χ0v) is 14.7. The van der Waals surface area contributed by atoms with Crippen LogP contribution < -0.4 is 10.0 Å². The zero-order valence-electron chi connectivity index (χ0n) is 13.9. The minimum absolute atomic E-state index is 0.0458. The Morgan fingerprint density at radius 3 is 2.14 bits per heavy atom. The summed E-state index contributed by atoms with van der Waals surface area (Å²) in [6.45, 7) is 12.0. The van der Waals surface area contributed by atoms with Gasteiger partial charge >= 0.3 is 0 Å². The minimum atomic E-state index is -3.56. The normalized spacial score (nSPS) is 12.6. The molecule has 0 aliphatic heterocycles. The van der Waals surface area contributed by atoms with Crippen LogP contribution in [-0.2, 0) is 16.6 Å². The van der Waals surface area contributed by atoms with Crippen LogP contribution in [0.5, 0.6) is 0 Å². The van der Waals surface area contributed by atoms with Crippen LogP contribution >= 0.6 is 0 Å². The van der Waals surface area contributed by atoms with E-state index < -0.39 is 10.0 Å². The summed E-state index contributed by atoms with van der Waals surface area (Å²) in [5.41, 5.74) is 0.722. The van der Waals surface area contributed by atoms with Gasteiger partial charge in [-0.25, -0.2) is 13.1 Å². The molecule has 0 unspecified atom stereocenters. The molecule has 1 aromatic rings. The Balaban J connectivity index is 3.16. The molecule has 0 spiro atoms. The molecule has 6 heteroatoms. The number of rotatable bonds is 8. The fourth-order valence-electron chi connectivity index (χ4n) is 2.31. The van der Waals surface area contributed by atoms with Crippen LogP contribution in [0.2, 0.25) is 0 Å². The molecule has 0 amide bonds. The number of hydrogen-bond donors (Lipinski definition) is 2. The van der Waals surface area contributed by atoms with E-state index in [1.807, 2.05) is 27.7 Å². The van der Waals surface area contributed by atoms with Crippen LogP contribution in [0, 0.1) is 13.8 Å². The first-order chi connectivity index (χ1) is 9.72. The maximum absolute atomic E-state index is 12.7. The third-order valence-electron chi connectivity index (χ3n) is 3.59. The average molecular weight is 316 g/mol. The van der Waals surface area contributed by atoms with Crippen molar-refractivity contribution >= 4 is 10.0 Å². The first-order valence-corrected chi connectivity index (χ1v) is 9.05. The predicted molar refractivity (Wildman–Crippen MR) is 84.8 cm³/mol. The number of aryl methyl sites for hydroxylation is 2. The van der Waals surface area contributed by atoms with Crippen LogP contribution in [0.1, 0.15) is 57.6 Å². The predicted octanol–water partition coefficient (Wildman–Crippen LogP) is 2.86. The van der Waals surface area contributed by atoms with Crippen LogP contribution in [0.3, 0.4) is 0 Å². The van der Waals surface area contributed by atoms with Crippen molar-refractivity contribution in [2.45, 2.75) is 77.9 Å². The van der Waals surface area contributed by atoms with E-state index in [9.17, 15) is 8.42 Å². The summed E-state index contributed by atoms with van der Waals surface area (Å²) >= 11 is 0. The molecule has 0 radical (unpaired) electrons. The highest BCUT2D eigenvalue weighted by atomic mass is 32.2. The standard InChI is InChI=1S/C15H28N2O3S/c1-7-13(8-2)17-21(18,19)15-12(6)20-11(5)14(15)9-16-10(3)4/h10,13,16-17H,7-9H2,1-6H3. The molecule has 0 saturated carbocycles. The highest BCUT2D eigenvalue weighted by molar-refractivity contribution is 7.89. The third kappa shape index (κ3) is 4.56. The van der Waals surface area contributed by atoms with E-state index in [0.29, 0.717) is 23.0 Å². The van der Waals surface area contributed by atoms with E-state index in [1.54, 1.807) is 13.8 Å². The topological polar surface area (TPSA) is 71.3 Å². The molecule has 1 aromatic heterocycles. The maximum atomic E-state index is 12.7. The summed E-state index contributed by atoms with van der Waals surface area (Å²) in [5, 5.41) is 3.26. The van der Waals surface area contributed by atoms with Gasteiger partial charge in [0.2, 0.25) is 10.0 Å². The maximum Gasteiger partial charge on any atom is 0.244 e. The van der Waals surface area contributed by atoms with Crippen LogP contribution in [-0.4, -0.2) is 20.5 Å². The molecule has 5 nitrogen and oxygen atoms in total. The van der Waals surface area contributed by atoms with Crippen molar-refractivity contribution in [3.63, 3.8) is 0 Å². The second kappa shape index (κ2) is 7.42. The smallest absolute Gasteiger partial charge is 0.244 e. The van der Waals surface area contributed by atoms with Crippen LogP contribution in [0.4, 0.5) is 0 Å². The van der Waals surface area contributed by atoms with Crippen molar-refractivity contribution in [1.82, 2.24) is 10.0 Å². The van der Waals surface area contributed by atoms with Crippen LogP contribution in [0.15, 0.2) is 9.31 Å². The zero-order chi connectivity index (χ0) is 16.2. The number of hydrogen-bond acceptors (Lipinski definition) is 4. The van der Waals surface area contributed by atoms with Gasteiger partial charge in [0.05, 0.1) is 0 Å². The minimum Gasteiger partial charge on any atom is -0.465 e. The van der Waals surface area contributed by atoms with E-state index in [4.69, 9.17) is 4.42 Å². The Morgan fingerprint density at radius 2 is 1.67 bits per heavy atom. The van der Waals surface area contributed by atoms with E-state index in [1.165, 1.54) is 0 Å². The van der Waals surface area contributed by atoms with Gasteiger partial charge in [0.1, 0.15) is 16.4 Å². The summed E-state index contributed by atoms with van der Waals surface area (Å²) in [7, 11) is -3.56. The van der Waals surface area contributed by atoms with Gasteiger partial charge in [0, 0.05) is 24.2 Å². The van der Waals surface area contributed by atoms with E-state index in [2.05, 4.69) is 10.0 Å². The molecular formula is C15H28N2O3S. The Hall–Kier alpha value is -0.850. The Labute approximate surface area is 128 Å². The van der Waals surface area contributed by atoms with Crippen molar-refractivity contribution in [1.29, 1.82) is 0 Å². The van der Waals surface area contributed by atoms with Crippen LogP contribution in [0.25, 0.3) is 0 Å². The lowest BCUT2D eigenvalue weighted by Gasteiger charge is -2.16. The fraction of sp³-hybridized carbons (Fsp3) is 0.733. The highest BCUT2D eigenvalue weighted by Crippen LogP contribution is 2.27. The largest absolute Gasteiger partial charge is 0.465 e. The first kappa shape index (κ1) is 18.2. The number of furan rings is 1. The quantitative estimate of drug-likeness (QED) is 0.773. The van der Waals surface area contributed by atoms with Gasteiger partial charge in [-0.05, 0) is 26.7 Å². The molecular weight excluding hydrogens is 288 g/mol. The average Bonchev–Trinajstić information content (AvgIpc) is 2.68. The molecule has 0 aliphatic carbocycles. The fourth-order valence-corrected chi connectivity index (χ4v) is 4.16. The summed E-state index contributed by atoms with van der Waals surface area (Å²) in [6.07, 6.45) is 1.54. The lowest BCUT2D eigenvalue weighted by molar-refractivity contribution is 0.489. The van der Waals surface area contributed by atoms with Gasteiger partial charge in [0.15, 0.2) is 0 Å². The Kier molecular flexibility index (Phi) is 6.43. The Bertz CT molecular complexity index is 558. The first-order valence-electron chi connectivity index (χ1n) is 7.57. The molecule has 2 N–H and O–H groups in total. The van der Waals surface area contributed by atoms with Crippen molar-refractivity contribution in [3.05, 3.63) is 17.1 Å². The molecule has 21 heavy (non-hydrogen) atoms. The van der Waals surface area contributed by atoms with E-state index in [0.717, 1.165) is 18.4 Å². The summed E-state index contributed by atoms with van der Waals surface area (Å²) in [4.78, 5) is 0.292. The second-order valence-corrected chi connectivity index (χ2v) is 7.34. The summed E-state index contributed by atoms with van der Waals surface area (Å²) < 4.78 is 33.7. The molecule has 1 rings (SSSR count). The highest BCUT2D eigenvalue weighted by Gasteiger charge is 2.28. The molecule has 0 aromatic carbocycles. The van der Waals surface area contributed by atoms with E-state index >= 15 is 0 Å². The molecule has 0 bridgehead atoms. The monoisotopic (exact) mass is 316 g/mol. The number of nitrogens with one attached hydrogen (secondary N) is 2. The summed E-state index contributed by atoms with van der Waals surface area (Å²) in [5.74, 6) is 1.11. The van der Waals surface area contributed by atoms with Gasteiger partial charge < -0.3 is 9.73 Å². The third-order valence-corrected chi connectivity index (χ3v) is 5.30. The molecule has 0 saturated heterocycles. The van der Waals surface area contributed by atoms with E-state index in [-0.39, 0.29) is 12.1 Å². The molecule has 0 aliphatic rings. The second-order valence-electron chi connectivity index (χ2n) is 5.69. The van der Waals surface area contributed by atoms with Crippen molar-refractivity contribution in [3.8, 4) is 0 Å². The van der Waals surface area contributed by atoms with Crippen molar-refractivity contribution in [2.75, 3.05) is 0 Å². The number of sulfonamides is 1.